The lowest BCUT2D eigenvalue weighted by Gasteiger charge is -2.25. The summed E-state index contributed by atoms with van der Waals surface area (Å²) in [6.07, 6.45) is 0. The van der Waals surface area contributed by atoms with Crippen molar-refractivity contribution in [1.82, 2.24) is 5.32 Å². The summed E-state index contributed by atoms with van der Waals surface area (Å²) in [7, 11) is 0. The maximum absolute atomic E-state index is 10.3. The molecule has 0 bridgehead atoms. The number of benzene rings is 1. The Morgan fingerprint density at radius 3 is 2.56 bits per heavy atom. The summed E-state index contributed by atoms with van der Waals surface area (Å²) in [5.41, 5.74) is -0.152. The normalized spacial score (nSPS) is 15.1. The van der Waals surface area contributed by atoms with Gasteiger partial charge in [-0.15, -0.1) is 0 Å². The Morgan fingerprint density at radius 2 is 2.00 bits per heavy atom. The first-order chi connectivity index (χ1) is 7.43. The average molecular weight is 242 g/mol. The van der Waals surface area contributed by atoms with Crippen LogP contribution in [0.2, 0.25) is 5.02 Å². The maximum Gasteiger partial charge on any atom is 0.101 e. The average Bonchev–Trinajstić information content (AvgIpc) is 2.17. The summed E-state index contributed by atoms with van der Waals surface area (Å²) in [6, 6.07) is 7.41. The second kappa shape index (κ2) is 5.67. The molecule has 0 heterocycles. The van der Waals surface area contributed by atoms with Gasteiger partial charge in [-0.1, -0.05) is 43.6 Å². The monoisotopic (exact) mass is 241 g/mol. The fraction of sp³-hybridized carbons (Fsp3) is 0.538. The van der Waals surface area contributed by atoms with E-state index in [4.69, 9.17) is 11.6 Å². The zero-order valence-corrected chi connectivity index (χ0v) is 10.9. The number of aliphatic hydroxyl groups is 1. The van der Waals surface area contributed by atoms with E-state index in [1.807, 2.05) is 18.2 Å². The van der Waals surface area contributed by atoms with E-state index in [2.05, 4.69) is 19.2 Å². The summed E-state index contributed by atoms with van der Waals surface area (Å²) in [5, 5.41) is 14.2. The molecule has 16 heavy (non-hydrogen) atoms. The van der Waals surface area contributed by atoms with E-state index >= 15 is 0 Å². The molecule has 0 aliphatic heterocycles. The smallest absolute Gasteiger partial charge is 0.101 e. The number of halogens is 1. The quantitative estimate of drug-likeness (QED) is 0.831. The van der Waals surface area contributed by atoms with Crippen LogP contribution in [0, 0.1) is 5.92 Å². The molecule has 0 aliphatic rings. The third kappa shape index (κ3) is 3.78. The molecule has 0 aromatic heterocycles. The van der Waals surface area contributed by atoms with Crippen LogP contribution in [0.1, 0.15) is 26.3 Å². The molecule has 0 radical (unpaired) electrons. The van der Waals surface area contributed by atoms with Crippen molar-refractivity contribution in [3.05, 3.63) is 34.9 Å². The molecule has 0 amide bonds. The summed E-state index contributed by atoms with van der Waals surface area (Å²) < 4.78 is 0. The third-order valence-electron chi connectivity index (χ3n) is 2.48. The van der Waals surface area contributed by atoms with Crippen molar-refractivity contribution in [1.29, 1.82) is 0 Å². The highest BCUT2D eigenvalue weighted by molar-refractivity contribution is 6.31. The van der Waals surface area contributed by atoms with Crippen LogP contribution >= 0.6 is 11.6 Å². The van der Waals surface area contributed by atoms with Crippen molar-refractivity contribution in [3.8, 4) is 0 Å². The molecule has 0 saturated heterocycles. The molecule has 0 aliphatic carbocycles. The van der Waals surface area contributed by atoms with Gasteiger partial charge in [0.15, 0.2) is 0 Å². The summed E-state index contributed by atoms with van der Waals surface area (Å²) in [6.45, 7) is 7.45. The highest BCUT2D eigenvalue weighted by Gasteiger charge is 2.24. The second-order valence-corrected chi connectivity index (χ2v) is 5.19. The van der Waals surface area contributed by atoms with Gasteiger partial charge in [0.1, 0.15) is 5.60 Å². The lowest BCUT2D eigenvalue weighted by Crippen LogP contribution is -2.37. The topological polar surface area (TPSA) is 32.3 Å². The van der Waals surface area contributed by atoms with Crippen LogP contribution in [-0.2, 0) is 5.60 Å². The van der Waals surface area contributed by atoms with E-state index in [1.165, 1.54) is 0 Å². The molecule has 1 aromatic carbocycles. The SMILES string of the molecule is CC(C)CNCC(C)(O)c1ccccc1Cl. The zero-order chi connectivity index (χ0) is 12.2. The first kappa shape index (κ1) is 13.5. The highest BCUT2D eigenvalue weighted by Crippen LogP contribution is 2.27. The molecule has 0 fully saturated rings. The maximum atomic E-state index is 10.3. The number of nitrogens with one attached hydrogen (secondary N) is 1. The van der Waals surface area contributed by atoms with E-state index in [-0.39, 0.29) is 0 Å². The van der Waals surface area contributed by atoms with E-state index < -0.39 is 5.60 Å². The van der Waals surface area contributed by atoms with Gasteiger partial charge in [-0.3, -0.25) is 0 Å². The first-order valence-electron chi connectivity index (χ1n) is 5.61. The van der Waals surface area contributed by atoms with Crippen LogP contribution in [0.3, 0.4) is 0 Å². The predicted molar refractivity (Wildman–Crippen MR) is 68.7 cm³/mol. The van der Waals surface area contributed by atoms with Crippen LogP contribution in [0.15, 0.2) is 24.3 Å². The molecule has 1 unspecified atom stereocenters. The Balaban J connectivity index is 2.66. The van der Waals surface area contributed by atoms with Gasteiger partial charge in [-0.05, 0) is 25.5 Å². The van der Waals surface area contributed by atoms with E-state index in [0.717, 1.165) is 12.1 Å². The van der Waals surface area contributed by atoms with Crippen LogP contribution in [-0.4, -0.2) is 18.2 Å². The Kier molecular flexibility index (Phi) is 4.78. The molecule has 0 saturated carbocycles. The number of hydrogen-bond donors (Lipinski definition) is 2. The zero-order valence-electron chi connectivity index (χ0n) is 10.1. The molecular formula is C13H20ClNO. The van der Waals surface area contributed by atoms with E-state index in [0.29, 0.717) is 17.5 Å². The predicted octanol–water partition coefficient (Wildman–Crippen LogP) is 2.79. The molecule has 2 nitrogen and oxygen atoms in total. The minimum absolute atomic E-state index is 0.509. The van der Waals surface area contributed by atoms with Crippen molar-refractivity contribution < 1.29 is 5.11 Å². The lowest BCUT2D eigenvalue weighted by molar-refractivity contribution is 0.0565. The van der Waals surface area contributed by atoms with Gasteiger partial charge in [-0.25, -0.2) is 0 Å². The second-order valence-electron chi connectivity index (χ2n) is 4.78. The summed E-state index contributed by atoms with van der Waals surface area (Å²) in [5.74, 6) is 0.571. The van der Waals surface area contributed by atoms with Crippen molar-refractivity contribution in [2.45, 2.75) is 26.4 Å². The van der Waals surface area contributed by atoms with Gasteiger partial charge in [-0.2, -0.15) is 0 Å². The van der Waals surface area contributed by atoms with Gasteiger partial charge in [0, 0.05) is 17.1 Å². The standard InChI is InChI=1S/C13H20ClNO/c1-10(2)8-15-9-13(3,16)11-6-4-5-7-12(11)14/h4-7,10,15-16H,8-9H2,1-3H3. The molecular weight excluding hydrogens is 222 g/mol. The Labute approximate surface area is 103 Å². The fourth-order valence-electron chi connectivity index (χ4n) is 1.60. The lowest BCUT2D eigenvalue weighted by atomic mass is 9.96. The Bertz CT molecular complexity index is 336. The van der Waals surface area contributed by atoms with Crippen molar-refractivity contribution in [3.63, 3.8) is 0 Å². The molecule has 1 rings (SSSR count). The third-order valence-corrected chi connectivity index (χ3v) is 2.81. The molecule has 3 heteroatoms. The number of rotatable bonds is 5. The molecule has 2 N–H and O–H groups in total. The van der Waals surface area contributed by atoms with Crippen molar-refractivity contribution >= 4 is 11.6 Å². The Morgan fingerprint density at radius 1 is 1.38 bits per heavy atom. The molecule has 1 atom stereocenters. The largest absolute Gasteiger partial charge is 0.384 e. The Hall–Kier alpha value is -0.570. The van der Waals surface area contributed by atoms with E-state index in [1.54, 1.807) is 13.0 Å². The van der Waals surface area contributed by atoms with Crippen LogP contribution < -0.4 is 5.32 Å². The van der Waals surface area contributed by atoms with E-state index in [9.17, 15) is 5.11 Å². The minimum Gasteiger partial charge on any atom is -0.384 e. The highest BCUT2D eigenvalue weighted by atomic mass is 35.5. The van der Waals surface area contributed by atoms with Gasteiger partial charge in [0.2, 0.25) is 0 Å². The summed E-state index contributed by atoms with van der Waals surface area (Å²) >= 11 is 6.06. The summed E-state index contributed by atoms with van der Waals surface area (Å²) in [4.78, 5) is 0. The number of hydrogen-bond acceptors (Lipinski definition) is 2. The van der Waals surface area contributed by atoms with Crippen molar-refractivity contribution in [2.24, 2.45) is 5.92 Å². The van der Waals surface area contributed by atoms with Gasteiger partial charge in [0.05, 0.1) is 0 Å². The van der Waals surface area contributed by atoms with Gasteiger partial charge >= 0.3 is 0 Å². The molecule has 90 valence electrons. The van der Waals surface area contributed by atoms with Crippen LogP contribution in [0.5, 0.6) is 0 Å². The van der Waals surface area contributed by atoms with Gasteiger partial charge < -0.3 is 10.4 Å². The molecule has 1 aromatic rings. The minimum atomic E-state index is -0.923. The van der Waals surface area contributed by atoms with Crippen molar-refractivity contribution in [2.75, 3.05) is 13.1 Å². The van der Waals surface area contributed by atoms with Crippen LogP contribution in [0.25, 0.3) is 0 Å². The first-order valence-corrected chi connectivity index (χ1v) is 5.99. The van der Waals surface area contributed by atoms with Crippen LogP contribution in [0.4, 0.5) is 0 Å². The molecule has 0 spiro atoms. The fourth-order valence-corrected chi connectivity index (χ4v) is 1.94. The van der Waals surface area contributed by atoms with Gasteiger partial charge in [0.25, 0.3) is 0 Å².